The van der Waals surface area contributed by atoms with E-state index in [0.717, 1.165) is 4.47 Å². The zero-order chi connectivity index (χ0) is 12.8. The van der Waals surface area contributed by atoms with Crippen molar-refractivity contribution >= 4 is 43.7 Å². The van der Waals surface area contributed by atoms with Gasteiger partial charge in [-0.2, -0.15) is 0 Å². The molecule has 0 radical (unpaired) electrons. The molecule has 0 unspecified atom stereocenters. The van der Waals surface area contributed by atoms with Crippen LogP contribution in [0.4, 0.5) is 0 Å². The van der Waals surface area contributed by atoms with E-state index < -0.39 is 5.97 Å². The van der Waals surface area contributed by atoms with Crippen molar-refractivity contribution in [3.8, 4) is 0 Å². The second kappa shape index (κ2) is 6.76. The van der Waals surface area contributed by atoms with Crippen LogP contribution < -0.4 is 5.32 Å². The Morgan fingerprint density at radius 3 is 2.59 bits per heavy atom. The van der Waals surface area contributed by atoms with Gasteiger partial charge >= 0.3 is 5.97 Å². The number of nitrogens with one attached hydrogen (secondary N) is 1. The normalized spacial score (nSPS) is 10.0. The summed E-state index contributed by atoms with van der Waals surface area (Å²) in [5.41, 5.74) is 0.531. The van der Waals surface area contributed by atoms with Crippen molar-refractivity contribution in [2.75, 3.05) is 6.54 Å². The van der Waals surface area contributed by atoms with Crippen LogP contribution in [0.25, 0.3) is 0 Å². The fourth-order valence-corrected chi connectivity index (χ4v) is 2.44. The highest BCUT2D eigenvalue weighted by molar-refractivity contribution is 9.11. The number of amides is 1. The Morgan fingerprint density at radius 2 is 2.00 bits per heavy atom. The van der Waals surface area contributed by atoms with Crippen molar-refractivity contribution in [1.82, 2.24) is 5.32 Å². The largest absolute Gasteiger partial charge is 0.481 e. The zero-order valence-corrected chi connectivity index (χ0v) is 12.0. The molecule has 0 atom stereocenters. The molecule has 1 amide bonds. The number of hydrogen-bond acceptors (Lipinski definition) is 2. The minimum Gasteiger partial charge on any atom is -0.481 e. The summed E-state index contributed by atoms with van der Waals surface area (Å²) in [7, 11) is 0. The van der Waals surface area contributed by atoms with Gasteiger partial charge in [0, 0.05) is 21.9 Å². The summed E-state index contributed by atoms with van der Waals surface area (Å²) in [5, 5.41) is 11.1. The van der Waals surface area contributed by atoms with Gasteiger partial charge in [0.15, 0.2) is 0 Å². The van der Waals surface area contributed by atoms with Crippen molar-refractivity contribution in [3.05, 3.63) is 32.7 Å². The minimum atomic E-state index is -0.857. The van der Waals surface area contributed by atoms with Crippen LogP contribution in [-0.4, -0.2) is 23.5 Å². The first-order valence-corrected chi connectivity index (χ1v) is 6.54. The van der Waals surface area contributed by atoms with Crippen LogP contribution in [0.3, 0.4) is 0 Å². The van der Waals surface area contributed by atoms with Crippen molar-refractivity contribution in [2.45, 2.75) is 12.8 Å². The summed E-state index contributed by atoms with van der Waals surface area (Å²) in [5.74, 6) is -1.07. The van der Waals surface area contributed by atoms with Gasteiger partial charge in [-0.1, -0.05) is 15.9 Å². The van der Waals surface area contributed by atoms with Crippen molar-refractivity contribution < 1.29 is 14.7 Å². The highest BCUT2D eigenvalue weighted by atomic mass is 79.9. The number of carboxylic acids is 1. The molecule has 0 aliphatic rings. The third kappa shape index (κ3) is 4.87. The molecule has 1 rings (SSSR count). The molecule has 2 N–H and O–H groups in total. The molecule has 0 aliphatic carbocycles. The standard InChI is InChI=1S/C11H11Br2NO3/c12-7-3-4-8(9(13)6-7)11(17)14-5-1-2-10(15)16/h3-4,6H,1-2,5H2,(H,14,17)(H,15,16). The van der Waals surface area contributed by atoms with Crippen LogP contribution >= 0.6 is 31.9 Å². The Morgan fingerprint density at radius 1 is 1.29 bits per heavy atom. The lowest BCUT2D eigenvalue weighted by Gasteiger charge is -2.06. The molecule has 0 aliphatic heterocycles. The SMILES string of the molecule is O=C(O)CCCNC(=O)c1ccc(Br)cc1Br. The average Bonchev–Trinajstić information content (AvgIpc) is 2.23. The van der Waals surface area contributed by atoms with Gasteiger partial charge in [-0.05, 0) is 40.5 Å². The van der Waals surface area contributed by atoms with Crippen molar-refractivity contribution in [1.29, 1.82) is 0 Å². The number of benzene rings is 1. The number of halogens is 2. The first-order valence-electron chi connectivity index (χ1n) is 4.95. The molecule has 4 nitrogen and oxygen atoms in total. The molecule has 0 bridgehead atoms. The second-order valence-electron chi connectivity index (χ2n) is 3.38. The van der Waals surface area contributed by atoms with E-state index in [1.54, 1.807) is 18.2 Å². The molecule has 0 spiro atoms. The summed E-state index contributed by atoms with van der Waals surface area (Å²) in [6, 6.07) is 5.25. The summed E-state index contributed by atoms with van der Waals surface area (Å²) in [6.45, 7) is 0.355. The van der Waals surface area contributed by atoms with E-state index in [-0.39, 0.29) is 12.3 Å². The lowest BCUT2D eigenvalue weighted by Crippen LogP contribution is -2.25. The van der Waals surface area contributed by atoms with E-state index in [1.165, 1.54) is 0 Å². The third-order valence-electron chi connectivity index (χ3n) is 2.03. The Kier molecular flexibility index (Phi) is 5.64. The molecular weight excluding hydrogens is 354 g/mol. The van der Waals surface area contributed by atoms with Crippen LogP contribution in [0.5, 0.6) is 0 Å². The first-order chi connectivity index (χ1) is 8.00. The van der Waals surface area contributed by atoms with Crippen LogP contribution in [0, 0.1) is 0 Å². The summed E-state index contributed by atoms with van der Waals surface area (Å²) >= 11 is 6.59. The Hall–Kier alpha value is -0.880. The molecule has 1 aromatic rings. The fraction of sp³-hybridized carbons (Fsp3) is 0.273. The maximum atomic E-state index is 11.7. The zero-order valence-electron chi connectivity index (χ0n) is 8.87. The maximum absolute atomic E-state index is 11.7. The molecule has 0 fully saturated rings. The summed E-state index contributed by atoms with van der Waals surface area (Å²) in [4.78, 5) is 22.0. The monoisotopic (exact) mass is 363 g/mol. The summed E-state index contributed by atoms with van der Waals surface area (Å²) in [6.07, 6.45) is 0.483. The number of carboxylic acid groups (broad SMARTS) is 1. The van der Waals surface area contributed by atoms with Crippen LogP contribution in [0.15, 0.2) is 27.1 Å². The van der Waals surface area contributed by atoms with E-state index in [4.69, 9.17) is 5.11 Å². The average molecular weight is 365 g/mol. The number of aliphatic carboxylic acids is 1. The van der Waals surface area contributed by atoms with Gasteiger partial charge in [0.05, 0.1) is 5.56 Å². The molecular formula is C11H11Br2NO3. The molecule has 0 heterocycles. The van der Waals surface area contributed by atoms with Gasteiger partial charge < -0.3 is 10.4 Å². The van der Waals surface area contributed by atoms with Gasteiger partial charge in [-0.15, -0.1) is 0 Å². The number of rotatable bonds is 5. The van der Waals surface area contributed by atoms with Crippen molar-refractivity contribution in [2.24, 2.45) is 0 Å². The highest BCUT2D eigenvalue weighted by Crippen LogP contribution is 2.21. The lowest BCUT2D eigenvalue weighted by molar-refractivity contribution is -0.137. The molecule has 0 aromatic heterocycles. The van der Waals surface area contributed by atoms with Crippen LogP contribution in [0.2, 0.25) is 0 Å². The molecule has 0 saturated heterocycles. The summed E-state index contributed by atoms with van der Waals surface area (Å²) < 4.78 is 1.58. The second-order valence-corrected chi connectivity index (χ2v) is 5.15. The van der Waals surface area contributed by atoms with Gasteiger partial charge in [-0.3, -0.25) is 9.59 Å². The van der Waals surface area contributed by atoms with E-state index in [0.29, 0.717) is 23.0 Å². The Balaban J connectivity index is 2.50. The maximum Gasteiger partial charge on any atom is 0.303 e. The van der Waals surface area contributed by atoms with Gasteiger partial charge in [0.25, 0.3) is 5.91 Å². The molecule has 1 aromatic carbocycles. The van der Waals surface area contributed by atoms with Crippen LogP contribution in [-0.2, 0) is 4.79 Å². The Labute approximate surface area is 116 Å². The van der Waals surface area contributed by atoms with Gasteiger partial charge in [0.1, 0.15) is 0 Å². The molecule has 6 heteroatoms. The molecule has 0 saturated carbocycles. The van der Waals surface area contributed by atoms with Crippen molar-refractivity contribution in [3.63, 3.8) is 0 Å². The van der Waals surface area contributed by atoms with E-state index in [2.05, 4.69) is 37.2 Å². The first kappa shape index (κ1) is 14.2. The number of carbonyl (C=O) groups is 2. The fourth-order valence-electron chi connectivity index (χ4n) is 1.21. The van der Waals surface area contributed by atoms with Gasteiger partial charge in [-0.25, -0.2) is 0 Å². The smallest absolute Gasteiger partial charge is 0.303 e. The number of carbonyl (C=O) groups excluding carboxylic acids is 1. The Bertz CT molecular complexity index is 435. The van der Waals surface area contributed by atoms with E-state index >= 15 is 0 Å². The number of hydrogen-bond donors (Lipinski definition) is 2. The molecule has 92 valence electrons. The quantitative estimate of drug-likeness (QED) is 0.789. The molecule has 17 heavy (non-hydrogen) atoms. The van der Waals surface area contributed by atoms with Gasteiger partial charge in [0.2, 0.25) is 0 Å². The van der Waals surface area contributed by atoms with Crippen LogP contribution in [0.1, 0.15) is 23.2 Å². The topological polar surface area (TPSA) is 66.4 Å². The highest BCUT2D eigenvalue weighted by Gasteiger charge is 2.09. The van der Waals surface area contributed by atoms with E-state index in [1.807, 2.05) is 0 Å². The lowest BCUT2D eigenvalue weighted by atomic mass is 10.2. The van der Waals surface area contributed by atoms with E-state index in [9.17, 15) is 9.59 Å². The minimum absolute atomic E-state index is 0.0573. The predicted octanol–water partition coefficient (Wildman–Crippen LogP) is 2.81. The predicted molar refractivity (Wildman–Crippen MR) is 71.0 cm³/mol. The third-order valence-corrected chi connectivity index (χ3v) is 3.18.